The number of carbonyl (C=O) groups is 4. The van der Waals surface area contributed by atoms with Crippen molar-refractivity contribution in [3.63, 3.8) is 0 Å². The summed E-state index contributed by atoms with van der Waals surface area (Å²) in [5, 5.41) is 11.3. The monoisotopic (exact) mass is 291 g/mol. The van der Waals surface area contributed by atoms with Crippen molar-refractivity contribution in [2.75, 3.05) is 7.05 Å². The van der Waals surface area contributed by atoms with Crippen molar-refractivity contribution >= 4 is 23.7 Å². The molecule has 1 fully saturated rings. The maximum Gasteiger partial charge on any atom is 0.354 e. The topological polar surface area (TPSA) is 117 Å². The van der Waals surface area contributed by atoms with Crippen molar-refractivity contribution < 1.29 is 24.3 Å². The number of carboxylic acids is 1. The lowest BCUT2D eigenvalue weighted by molar-refractivity contribution is -0.147. The smallest absolute Gasteiger partial charge is 0.354 e. The molecule has 8 nitrogen and oxygen atoms in total. The average molecular weight is 291 g/mol. The first-order valence-corrected chi connectivity index (χ1v) is 6.21. The summed E-state index contributed by atoms with van der Waals surface area (Å²) in [6.45, 7) is 0. The van der Waals surface area contributed by atoms with E-state index >= 15 is 0 Å². The van der Waals surface area contributed by atoms with Crippen molar-refractivity contribution in [2.24, 2.45) is 0 Å². The number of imide groups is 1. The van der Waals surface area contributed by atoms with Crippen LogP contribution in [0.15, 0.2) is 18.2 Å². The summed E-state index contributed by atoms with van der Waals surface area (Å²) in [5.41, 5.74) is -0.354. The number of likely N-dealkylation sites (tertiary alicyclic amines) is 1. The molecular formula is C13H13N3O5. The molecule has 0 radical (unpaired) electrons. The normalized spacial score (nSPS) is 18.5. The highest BCUT2D eigenvalue weighted by Crippen LogP contribution is 2.12. The minimum Gasteiger partial charge on any atom is -0.477 e. The zero-order chi connectivity index (χ0) is 15.6. The SMILES string of the molecule is CN1C(=O)CCC(NC(=O)c2cccc(C(=O)O)n2)C1=O. The highest BCUT2D eigenvalue weighted by atomic mass is 16.4. The van der Waals surface area contributed by atoms with Gasteiger partial charge in [0.1, 0.15) is 17.4 Å². The first-order chi connectivity index (χ1) is 9.90. The Kier molecular flexibility index (Phi) is 3.97. The van der Waals surface area contributed by atoms with Gasteiger partial charge in [0, 0.05) is 13.5 Å². The second-order valence-corrected chi connectivity index (χ2v) is 4.57. The number of hydrogen-bond acceptors (Lipinski definition) is 5. The molecule has 21 heavy (non-hydrogen) atoms. The number of carboxylic acid groups (broad SMARTS) is 1. The summed E-state index contributed by atoms with van der Waals surface area (Å²) in [6.07, 6.45) is 0.377. The van der Waals surface area contributed by atoms with E-state index in [1.165, 1.54) is 25.2 Å². The first kappa shape index (κ1) is 14.6. The van der Waals surface area contributed by atoms with Crippen LogP contribution in [-0.4, -0.2) is 51.8 Å². The molecule has 1 aromatic heterocycles. The molecule has 110 valence electrons. The standard InChI is InChI=1S/C13H13N3O5/c1-16-10(17)6-5-8(12(16)19)15-11(18)7-3-2-4-9(14-7)13(20)21/h2-4,8H,5-6H2,1H3,(H,15,18)(H,20,21). The number of carbonyl (C=O) groups excluding carboxylic acids is 3. The van der Waals surface area contributed by atoms with E-state index in [1.54, 1.807) is 0 Å². The van der Waals surface area contributed by atoms with E-state index in [4.69, 9.17) is 5.11 Å². The summed E-state index contributed by atoms with van der Waals surface area (Å²) in [5.74, 6) is -2.69. The molecule has 1 aliphatic heterocycles. The van der Waals surface area contributed by atoms with Crippen LogP contribution in [0.5, 0.6) is 0 Å². The summed E-state index contributed by atoms with van der Waals surface area (Å²) in [7, 11) is 1.35. The van der Waals surface area contributed by atoms with E-state index < -0.39 is 23.8 Å². The fourth-order valence-electron chi connectivity index (χ4n) is 1.96. The molecule has 1 aliphatic rings. The number of rotatable bonds is 3. The van der Waals surface area contributed by atoms with Crippen LogP contribution in [0.3, 0.4) is 0 Å². The molecule has 1 aromatic rings. The van der Waals surface area contributed by atoms with Crippen molar-refractivity contribution in [1.82, 2.24) is 15.2 Å². The average Bonchev–Trinajstić information content (AvgIpc) is 2.48. The molecule has 0 aliphatic carbocycles. The Morgan fingerprint density at radius 2 is 2.00 bits per heavy atom. The van der Waals surface area contributed by atoms with Gasteiger partial charge in [0.05, 0.1) is 0 Å². The van der Waals surface area contributed by atoms with Gasteiger partial charge in [-0.2, -0.15) is 0 Å². The number of hydrogen-bond donors (Lipinski definition) is 2. The van der Waals surface area contributed by atoms with Gasteiger partial charge in [0.15, 0.2) is 0 Å². The molecule has 1 atom stereocenters. The fraction of sp³-hybridized carbons (Fsp3) is 0.308. The molecule has 0 bridgehead atoms. The maximum atomic E-state index is 12.0. The molecule has 2 N–H and O–H groups in total. The first-order valence-electron chi connectivity index (χ1n) is 6.21. The van der Waals surface area contributed by atoms with Crippen LogP contribution in [0.4, 0.5) is 0 Å². The van der Waals surface area contributed by atoms with Gasteiger partial charge in [0.2, 0.25) is 5.91 Å². The molecule has 0 aromatic carbocycles. The summed E-state index contributed by atoms with van der Waals surface area (Å²) >= 11 is 0. The van der Waals surface area contributed by atoms with Gasteiger partial charge in [0.25, 0.3) is 11.8 Å². The van der Waals surface area contributed by atoms with E-state index in [1.807, 2.05) is 0 Å². The van der Waals surface area contributed by atoms with Crippen molar-refractivity contribution in [3.8, 4) is 0 Å². The number of aromatic nitrogens is 1. The van der Waals surface area contributed by atoms with E-state index in [-0.39, 0.29) is 30.1 Å². The Morgan fingerprint density at radius 3 is 2.67 bits per heavy atom. The third-order valence-corrected chi connectivity index (χ3v) is 3.16. The van der Waals surface area contributed by atoms with Crippen LogP contribution < -0.4 is 5.32 Å². The third kappa shape index (κ3) is 3.04. The minimum atomic E-state index is -1.25. The van der Waals surface area contributed by atoms with Gasteiger partial charge < -0.3 is 10.4 Å². The molecule has 8 heteroatoms. The zero-order valence-corrected chi connectivity index (χ0v) is 11.2. The fourth-order valence-corrected chi connectivity index (χ4v) is 1.96. The summed E-state index contributed by atoms with van der Waals surface area (Å²) in [4.78, 5) is 50.7. The number of likely N-dealkylation sites (N-methyl/N-ethyl adjacent to an activating group) is 1. The lowest BCUT2D eigenvalue weighted by atomic mass is 10.0. The molecule has 0 saturated carbocycles. The van der Waals surface area contributed by atoms with Gasteiger partial charge in [-0.15, -0.1) is 0 Å². The zero-order valence-electron chi connectivity index (χ0n) is 11.2. The van der Waals surface area contributed by atoms with Crippen molar-refractivity contribution in [1.29, 1.82) is 0 Å². The van der Waals surface area contributed by atoms with Gasteiger partial charge in [-0.1, -0.05) is 6.07 Å². The molecular weight excluding hydrogens is 278 g/mol. The quantitative estimate of drug-likeness (QED) is 0.736. The van der Waals surface area contributed by atoms with Crippen LogP contribution in [0.25, 0.3) is 0 Å². The Balaban J connectivity index is 2.11. The molecule has 2 rings (SSSR count). The van der Waals surface area contributed by atoms with E-state index in [2.05, 4.69) is 10.3 Å². The predicted octanol–water partition coefficient (Wildman–Crippen LogP) is -0.343. The Hall–Kier alpha value is -2.77. The second-order valence-electron chi connectivity index (χ2n) is 4.57. The number of aromatic carboxylic acids is 1. The number of piperidine rings is 1. The van der Waals surface area contributed by atoms with E-state index in [0.29, 0.717) is 0 Å². The molecule has 1 saturated heterocycles. The lowest BCUT2D eigenvalue weighted by Crippen LogP contribution is -2.53. The van der Waals surface area contributed by atoms with Gasteiger partial charge in [-0.05, 0) is 18.6 Å². The third-order valence-electron chi connectivity index (χ3n) is 3.16. The molecule has 1 unspecified atom stereocenters. The van der Waals surface area contributed by atoms with Gasteiger partial charge in [-0.25, -0.2) is 9.78 Å². The van der Waals surface area contributed by atoms with Crippen LogP contribution >= 0.6 is 0 Å². The summed E-state index contributed by atoms with van der Waals surface area (Å²) in [6, 6.07) is 3.20. The number of amides is 3. The highest BCUT2D eigenvalue weighted by molar-refractivity contribution is 6.03. The highest BCUT2D eigenvalue weighted by Gasteiger charge is 2.33. The molecule has 2 heterocycles. The molecule has 0 spiro atoms. The summed E-state index contributed by atoms with van der Waals surface area (Å²) < 4.78 is 0. The Bertz CT molecular complexity index is 628. The maximum absolute atomic E-state index is 12.0. The van der Waals surface area contributed by atoms with Crippen molar-refractivity contribution in [2.45, 2.75) is 18.9 Å². The Labute approximate surface area is 119 Å². The van der Waals surface area contributed by atoms with Crippen LogP contribution in [0.1, 0.15) is 33.8 Å². The number of nitrogens with zero attached hydrogens (tertiary/aromatic N) is 2. The van der Waals surface area contributed by atoms with E-state index in [0.717, 1.165) is 4.90 Å². The van der Waals surface area contributed by atoms with Crippen LogP contribution in [-0.2, 0) is 9.59 Å². The van der Waals surface area contributed by atoms with Gasteiger partial charge >= 0.3 is 5.97 Å². The lowest BCUT2D eigenvalue weighted by Gasteiger charge is -2.28. The largest absolute Gasteiger partial charge is 0.477 e. The van der Waals surface area contributed by atoms with Crippen LogP contribution in [0.2, 0.25) is 0 Å². The molecule has 3 amide bonds. The van der Waals surface area contributed by atoms with Crippen molar-refractivity contribution in [3.05, 3.63) is 29.6 Å². The number of pyridine rings is 1. The van der Waals surface area contributed by atoms with E-state index in [9.17, 15) is 19.2 Å². The predicted molar refractivity (Wildman–Crippen MR) is 69.5 cm³/mol. The Morgan fingerprint density at radius 1 is 1.33 bits per heavy atom. The number of nitrogens with one attached hydrogen (secondary N) is 1. The van der Waals surface area contributed by atoms with Gasteiger partial charge in [-0.3, -0.25) is 19.3 Å². The van der Waals surface area contributed by atoms with Crippen LogP contribution in [0, 0.1) is 0 Å². The second kappa shape index (κ2) is 5.70. The minimum absolute atomic E-state index is 0.0951.